The van der Waals surface area contributed by atoms with Gasteiger partial charge in [0.25, 0.3) is 0 Å². The van der Waals surface area contributed by atoms with Crippen LogP contribution in [0.5, 0.6) is 0 Å². The van der Waals surface area contributed by atoms with Gasteiger partial charge in [0.15, 0.2) is 17.7 Å². The SMILES string of the molecule is CCO[C@@H](O[C@@H]1[C@@H](C)C(=O)[C@@H](C)C(=O)O[C@H](CC)[C@@]2(C)OC(=O)N(CCCCn3cc(-c4cccc(N)c4)nn3)[C@@H]2[C@@H](C)NC[C@H](C)C[C@@]1(C)OC)C(O)C(CC)N(C)C. The minimum absolute atomic E-state index is 0.0218. The summed E-state index contributed by atoms with van der Waals surface area (Å²) < 4.78 is 33.2. The number of Topliss-reactive ketones (excluding diaryl/α,β-unsaturated/α-hetero) is 1. The standard InChI is InChI=1S/C44H73N7O9/c1-13-34(49(10)11)37(53)41(57-15-3)59-39-28(5)36(52)29(6)40(54)58-35(14-2)44(9)38(30(7)46-25-27(4)24-43(39,8)56-12)51(42(55)60-44)22-17-16-21-50-26-33(47-48-50)31-19-18-20-32(45)23-31/h18-20,23,26-30,34-35,37-39,41,46,53H,13-17,21-22,24-25,45H2,1-12H3/t27-,28+,29-,30-,34?,35-,37?,38-,39-,41+,43-,44-/m1/s1. The van der Waals surface area contributed by atoms with E-state index >= 15 is 0 Å². The zero-order valence-electron chi connectivity index (χ0n) is 38.1. The number of likely N-dealkylation sites (N-methyl/N-ethyl adjacent to an activating group) is 1. The van der Waals surface area contributed by atoms with E-state index in [2.05, 4.69) is 22.6 Å². The van der Waals surface area contributed by atoms with Gasteiger partial charge in [0.1, 0.15) is 23.8 Å². The topological polar surface area (TPSA) is 193 Å². The molecule has 4 N–H and O–H groups in total. The maximum absolute atomic E-state index is 14.4. The molecule has 16 heteroatoms. The minimum Gasteiger partial charge on any atom is -0.458 e. The molecule has 2 aromatic rings. The van der Waals surface area contributed by atoms with Crippen molar-refractivity contribution in [3.63, 3.8) is 0 Å². The number of ether oxygens (including phenoxy) is 5. The molecule has 4 rings (SSSR count). The molecular formula is C44H73N7O9. The fraction of sp³-hybridized carbons (Fsp3) is 0.750. The molecule has 2 aliphatic rings. The summed E-state index contributed by atoms with van der Waals surface area (Å²) in [5.41, 5.74) is 5.93. The van der Waals surface area contributed by atoms with Gasteiger partial charge in [-0.1, -0.05) is 45.0 Å². The van der Waals surface area contributed by atoms with Crippen molar-refractivity contribution in [1.82, 2.24) is 30.1 Å². The molecule has 338 valence electrons. The average Bonchev–Trinajstić information content (AvgIpc) is 3.79. The predicted molar refractivity (Wildman–Crippen MR) is 229 cm³/mol. The summed E-state index contributed by atoms with van der Waals surface area (Å²) in [5, 5.41) is 23.9. The fourth-order valence-electron chi connectivity index (χ4n) is 9.27. The number of carbonyl (C=O) groups is 3. The molecule has 2 fully saturated rings. The highest BCUT2D eigenvalue weighted by Gasteiger charge is 2.58. The van der Waals surface area contributed by atoms with Crippen molar-refractivity contribution in [2.24, 2.45) is 17.8 Å². The largest absolute Gasteiger partial charge is 0.458 e. The lowest BCUT2D eigenvalue weighted by Crippen LogP contribution is -2.61. The van der Waals surface area contributed by atoms with Crippen LogP contribution in [-0.2, 0) is 39.8 Å². The number of rotatable bonds is 16. The average molecular weight is 844 g/mol. The normalized spacial score (nSPS) is 31.2. The zero-order chi connectivity index (χ0) is 44.5. The Bertz CT molecular complexity index is 1710. The third kappa shape index (κ3) is 11.2. The van der Waals surface area contributed by atoms with E-state index in [4.69, 9.17) is 29.4 Å². The Balaban J connectivity index is 1.61. The second-order valence-electron chi connectivity index (χ2n) is 17.5. The molecule has 16 nitrogen and oxygen atoms in total. The number of ketones is 1. The number of aryl methyl sites for hydroxylation is 1. The summed E-state index contributed by atoms with van der Waals surface area (Å²) in [4.78, 5) is 46.0. The number of cyclic esters (lactones) is 1. The highest BCUT2D eigenvalue weighted by Crippen LogP contribution is 2.40. The number of anilines is 1. The van der Waals surface area contributed by atoms with Crippen LogP contribution in [0.3, 0.4) is 0 Å². The van der Waals surface area contributed by atoms with Crippen LogP contribution in [-0.4, -0.2) is 143 Å². The Morgan fingerprint density at radius 3 is 2.40 bits per heavy atom. The molecule has 0 radical (unpaired) electrons. The van der Waals surface area contributed by atoms with Crippen LogP contribution in [0.2, 0.25) is 0 Å². The number of unbranched alkanes of at least 4 members (excludes halogenated alkanes) is 1. The molecule has 0 aliphatic carbocycles. The van der Waals surface area contributed by atoms with Crippen LogP contribution < -0.4 is 11.1 Å². The van der Waals surface area contributed by atoms with E-state index < -0.39 is 71.5 Å². The smallest absolute Gasteiger partial charge is 0.410 e. The van der Waals surface area contributed by atoms with E-state index in [1.807, 2.05) is 91.0 Å². The molecule has 2 aliphatic heterocycles. The third-order valence-corrected chi connectivity index (χ3v) is 12.6. The van der Waals surface area contributed by atoms with Crippen LogP contribution in [0.25, 0.3) is 11.3 Å². The Labute approximate surface area is 357 Å². The quantitative estimate of drug-likeness (QED) is 0.0678. The molecular weight excluding hydrogens is 771 g/mol. The van der Waals surface area contributed by atoms with E-state index in [9.17, 15) is 19.5 Å². The van der Waals surface area contributed by atoms with Crippen LogP contribution in [0.1, 0.15) is 94.4 Å². The monoisotopic (exact) mass is 844 g/mol. The van der Waals surface area contributed by atoms with Gasteiger partial charge in [-0.2, -0.15) is 0 Å². The maximum Gasteiger partial charge on any atom is 0.410 e. The number of aliphatic hydroxyl groups excluding tert-OH is 1. The first kappa shape index (κ1) is 49.0. The Morgan fingerprint density at radius 2 is 1.78 bits per heavy atom. The number of aliphatic hydroxyl groups is 1. The van der Waals surface area contributed by atoms with Crippen molar-refractivity contribution < 1.29 is 43.2 Å². The number of hydrogen-bond acceptors (Lipinski definition) is 14. The molecule has 0 spiro atoms. The van der Waals surface area contributed by atoms with Crippen LogP contribution in [0.4, 0.5) is 10.5 Å². The Hall–Kier alpha value is -3.67. The number of fused-ring (bicyclic) bond motifs is 1. The summed E-state index contributed by atoms with van der Waals surface area (Å²) in [6, 6.07) is 6.39. The molecule has 1 aromatic carbocycles. The lowest BCUT2D eigenvalue weighted by molar-refractivity contribution is -0.265. The van der Waals surface area contributed by atoms with Crippen molar-refractivity contribution >= 4 is 23.5 Å². The highest BCUT2D eigenvalue weighted by molar-refractivity contribution is 6.00. The molecule has 2 unspecified atom stereocenters. The number of amides is 1. The number of nitrogens with two attached hydrogens (primary N) is 1. The number of nitrogen functional groups attached to an aromatic ring is 1. The molecule has 0 saturated carbocycles. The molecule has 3 heterocycles. The predicted octanol–water partition coefficient (Wildman–Crippen LogP) is 4.92. The van der Waals surface area contributed by atoms with Crippen molar-refractivity contribution in [2.75, 3.05) is 46.6 Å². The number of benzene rings is 1. The second kappa shape index (κ2) is 21.4. The lowest BCUT2D eigenvalue weighted by atomic mass is 9.78. The third-order valence-electron chi connectivity index (χ3n) is 12.6. The molecule has 1 aromatic heterocycles. The van der Waals surface area contributed by atoms with E-state index in [0.717, 1.165) is 11.3 Å². The first-order valence-corrected chi connectivity index (χ1v) is 21.7. The summed E-state index contributed by atoms with van der Waals surface area (Å²) in [5.74, 6) is -3.21. The van der Waals surface area contributed by atoms with Gasteiger partial charge in [-0.15, -0.1) is 5.10 Å². The first-order chi connectivity index (χ1) is 28.3. The Morgan fingerprint density at radius 1 is 1.08 bits per heavy atom. The van der Waals surface area contributed by atoms with Crippen molar-refractivity contribution in [1.29, 1.82) is 0 Å². The van der Waals surface area contributed by atoms with Gasteiger partial charge >= 0.3 is 12.1 Å². The van der Waals surface area contributed by atoms with E-state index in [-0.39, 0.29) is 24.6 Å². The molecule has 0 bridgehead atoms. The van der Waals surface area contributed by atoms with Crippen LogP contribution >= 0.6 is 0 Å². The molecule has 1 amide bonds. The van der Waals surface area contributed by atoms with Crippen LogP contribution in [0.15, 0.2) is 30.5 Å². The number of nitrogens with one attached hydrogen (secondary N) is 1. The molecule has 12 atom stereocenters. The van der Waals surface area contributed by atoms with Gasteiger partial charge < -0.3 is 44.7 Å². The lowest BCUT2D eigenvalue weighted by Gasteiger charge is -2.44. The fourth-order valence-corrected chi connectivity index (χ4v) is 9.27. The van der Waals surface area contributed by atoms with Crippen molar-refractivity contribution in [3.8, 4) is 11.3 Å². The van der Waals surface area contributed by atoms with Gasteiger partial charge in [-0.25, -0.2) is 4.79 Å². The minimum atomic E-state index is -1.24. The maximum atomic E-state index is 14.4. The number of nitrogens with zero attached hydrogens (tertiary/aromatic N) is 5. The molecule has 2 saturated heterocycles. The summed E-state index contributed by atoms with van der Waals surface area (Å²) in [6.45, 7) is 18.5. The number of carbonyl (C=O) groups excluding carboxylic acids is 3. The van der Waals surface area contributed by atoms with E-state index in [1.165, 1.54) is 6.92 Å². The highest BCUT2D eigenvalue weighted by atomic mass is 16.7. The first-order valence-electron chi connectivity index (χ1n) is 21.7. The van der Waals surface area contributed by atoms with E-state index in [1.54, 1.807) is 23.6 Å². The van der Waals surface area contributed by atoms with E-state index in [0.29, 0.717) is 57.4 Å². The summed E-state index contributed by atoms with van der Waals surface area (Å²) in [7, 11) is 5.36. The van der Waals surface area contributed by atoms with Gasteiger partial charge in [-0.05, 0) is 105 Å². The number of aromatic nitrogens is 3. The van der Waals surface area contributed by atoms with Gasteiger partial charge in [0.05, 0.1) is 23.9 Å². The zero-order valence-corrected chi connectivity index (χ0v) is 38.1. The molecule has 60 heavy (non-hydrogen) atoms. The van der Waals surface area contributed by atoms with Gasteiger partial charge in [0.2, 0.25) is 0 Å². The van der Waals surface area contributed by atoms with Crippen molar-refractivity contribution in [2.45, 2.75) is 155 Å². The number of esters is 1. The number of methoxy groups -OCH3 is 1. The summed E-state index contributed by atoms with van der Waals surface area (Å²) in [6.07, 6.45) is 0.280. The van der Waals surface area contributed by atoms with Gasteiger partial charge in [-0.3, -0.25) is 19.2 Å². The summed E-state index contributed by atoms with van der Waals surface area (Å²) >= 11 is 0. The van der Waals surface area contributed by atoms with Crippen molar-refractivity contribution in [3.05, 3.63) is 30.5 Å². The number of hydrogen-bond donors (Lipinski definition) is 3. The van der Waals surface area contributed by atoms with Gasteiger partial charge in [0, 0.05) is 56.1 Å². The van der Waals surface area contributed by atoms with Crippen LogP contribution in [0, 0.1) is 17.8 Å². The second-order valence-corrected chi connectivity index (χ2v) is 17.5. The Kier molecular flexibility index (Phi) is 17.5.